The van der Waals surface area contributed by atoms with Gasteiger partial charge in [-0.3, -0.25) is 4.57 Å². The van der Waals surface area contributed by atoms with Gasteiger partial charge in [0.05, 0.1) is 25.5 Å². The predicted molar refractivity (Wildman–Crippen MR) is 62.9 cm³/mol. The van der Waals surface area contributed by atoms with Crippen molar-refractivity contribution in [1.29, 1.82) is 0 Å². The van der Waals surface area contributed by atoms with Crippen molar-refractivity contribution in [3.63, 3.8) is 0 Å². The molecule has 0 amide bonds. The number of hydrogen-bond donors (Lipinski definition) is 1. The highest BCUT2D eigenvalue weighted by atomic mass is 31.2. The number of carbonyl (C=O) groups excluding carboxylic acids is 1. The molecule has 0 aromatic heterocycles. The van der Waals surface area contributed by atoms with Gasteiger partial charge in [0.25, 0.3) is 0 Å². The molecule has 0 rings (SSSR count). The zero-order valence-corrected chi connectivity index (χ0v) is 11.0. The molecule has 0 radical (unpaired) electrons. The van der Waals surface area contributed by atoms with Gasteiger partial charge in [0, 0.05) is 6.08 Å². The maximum atomic E-state index is 12.0. The van der Waals surface area contributed by atoms with Crippen molar-refractivity contribution in [2.75, 3.05) is 26.0 Å². The highest BCUT2D eigenvalue weighted by Gasteiger charge is 2.28. The van der Waals surface area contributed by atoms with Crippen LogP contribution in [0.2, 0.25) is 0 Å². The van der Waals surface area contributed by atoms with Gasteiger partial charge in [0.1, 0.15) is 6.61 Å². The second-order valence-electron chi connectivity index (χ2n) is 3.12. The molecule has 0 aliphatic heterocycles. The van der Waals surface area contributed by atoms with Gasteiger partial charge in [-0.05, 0) is 13.8 Å². The quantitative estimate of drug-likeness (QED) is 0.385. The highest BCUT2D eigenvalue weighted by molar-refractivity contribution is 7.53. The van der Waals surface area contributed by atoms with Crippen molar-refractivity contribution < 1.29 is 28.3 Å². The van der Waals surface area contributed by atoms with E-state index in [1.165, 1.54) is 0 Å². The van der Waals surface area contributed by atoms with Crippen LogP contribution in [0.1, 0.15) is 13.8 Å². The number of carbonyl (C=O) groups is 1. The Morgan fingerprint density at radius 3 is 2.35 bits per heavy atom. The van der Waals surface area contributed by atoms with Crippen LogP contribution in [-0.4, -0.2) is 43.2 Å². The topological polar surface area (TPSA) is 82.1 Å². The molecule has 6 nitrogen and oxygen atoms in total. The van der Waals surface area contributed by atoms with Crippen LogP contribution in [0.25, 0.3) is 0 Å². The number of aliphatic hydroxyl groups excluding tert-OH is 1. The third kappa shape index (κ3) is 7.28. The summed E-state index contributed by atoms with van der Waals surface area (Å²) in [5.74, 6) is -0.647. The molecule has 0 aliphatic carbocycles. The van der Waals surface area contributed by atoms with E-state index >= 15 is 0 Å². The number of hydrogen-bond acceptors (Lipinski definition) is 6. The lowest BCUT2D eigenvalue weighted by Gasteiger charge is -2.19. The summed E-state index contributed by atoms with van der Waals surface area (Å²) < 4.78 is 26.6. The van der Waals surface area contributed by atoms with Crippen LogP contribution in [-0.2, 0) is 23.1 Å². The molecule has 17 heavy (non-hydrogen) atoms. The predicted octanol–water partition coefficient (Wildman–Crippen LogP) is 1.34. The molecule has 0 aliphatic rings. The minimum atomic E-state index is -3.31. The number of aliphatic hydroxyl groups is 1. The largest absolute Gasteiger partial charge is 0.460 e. The smallest absolute Gasteiger partial charge is 0.333 e. The van der Waals surface area contributed by atoms with E-state index in [1.807, 2.05) is 0 Å². The Morgan fingerprint density at radius 2 is 1.94 bits per heavy atom. The summed E-state index contributed by atoms with van der Waals surface area (Å²) in [5, 5.41) is 9.54. The fourth-order valence-electron chi connectivity index (χ4n) is 1.08. The van der Waals surface area contributed by atoms with E-state index in [9.17, 15) is 14.5 Å². The number of esters is 1. The molecule has 1 unspecified atom stereocenters. The normalized spacial score (nSPS) is 13.1. The second-order valence-corrected chi connectivity index (χ2v) is 5.22. The molecule has 0 aromatic rings. The molecule has 1 N–H and O–H groups in total. The van der Waals surface area contributed by atoms with Crippen molar-refractivity contribution in [2.45, 2.75) is 20.0 Å². The summed E-state index contributed by atoms with van der Waals surface area (Å²) in [4.78, 5) is 10.8. The molecular formula is C10H19O6P. The lowest BCUT2D eigenvalue weighted by molar-refractivity contribution is -0.140. The van der Waals surface area contributed by atoms with Crippen molar-refractivity contribution in [3.05, 3.63) is 12.7 Å². The van der Waals surface area contributed by atoms with Gasteiger partial charge < -0.3 is 18.9 Å². The van der Waals surface area contributed by atoms with Gasteiger partial charge in [-0.1, -0.05) is 6.58 Å². The Kier molecular flexibility index (Phi) is 8.08. The Hall–Kier alpha value is -0.680. The van der Waals surface area contributed by atoms with Crippen molar-refractivity contribution in [3.8, 4) is 0 Å². The fraction of sp³-hybridized carbons (Fsp3) is 0.700. The maximum absolute atomic E-state index is 12.0. The van der Waals surface area contributed by atoms with Crippen LogP contribution in [0.3, 0.4) is 0 Å². The summed E-state index contributed by atoms with van der Waals surface area (Å²) in [6.45, 7) is 6.73. The lowest BCUT2D eigenvalue weighted by atomic mass is 10.4. The maximum Gasteiger partial charge on any atom is 0.333 e. The monoisotopic (exact) mass is 266 g/mol. The first-order chi connectivity index (χ1) is 7.97. The molecule has 7 heteroatoms. The minimum absolute atomic E-state index is 0.209. The Morgan fingerprint density at radius 1 is 1.41 bits per heavy atom. The SMILES string of the molecule is C=CC(=O)OCC(O)CP(=O)(OCC)OCC. The second kappa shape index (κ2) is 8.42. The van der Waals surface area contributed by atoms with Crippen molar-refractivity contribution >= 4 is 13.6 Å². The van der Waals surface area contributed by atoms with Gasteiger partial charge in [0.15, 0.2) is 0 Å². The van der Waals surface area contributed by atoms with Crippen molar-refractivity contribution in [2.24, 2.45) is 0 Å². The van der Waals surface area contributed by atoms with Gasteiger partial charge in [-0.15, -0.1) is 0 Å². The molecule has 0 heterocycles. The van der Waals surface area contributed by atoms with Crippen LogP contribution >= 0.6 is 7.60 Å². The highest BCUT2D eigenvalue weighted by Crippen LogP contribution is 2.48. The van der Waals surface area contributed by atoms with Gasteiger partial charge in [-0.2, -0.15) is 0 Å². The summed E-state index contributed by atoms with van der Waals surface area (Å²) >= 11 is 0. The first kappa shape index (κ1) is 16.3. The zero-order chi connectivity index (χ0) is 13.3. The van der Waals surface area contributed by atoms with Gasteiger partial charge in [-0.25, -0.2) is 4.79 Å². The van der Waals surface area contributed by atoms with Crippen LogP contribution in [0, 0.1) is 0 Å². The van der Waals surface area contributed by atoms with Gasteiger partial charge in [0.2, 0.25) is 0 Å². The van der Waals surface area contributed by atoms with E-state index in [-0.39, 0.29) is 26.0 Å². The van der Waals surface area contributed by atoms with E-state index in [0.29, 0.717) is 0 Å². The Balaban J connectivity index is 4.20. The van der Waals surface area contributed by atoms with E-state index in [2.05, 4.69) is 11.3 Å². The molecule has 100 valence electrons. The molecule has 0 bridgehead atoms. The molecule has 0 saturated heterocycles. The van der Waals surface area contributed by atoms with E-state index in [4.69, 9.17) is 9.05 Å². The molecule has 0 aromatic carbocycles. The standard InChI is InChI=1S/C10H19O6P/c1-4-10(12)14-7-9(11)8-17(13,15-5-2)16-6-3/h4,9,11H,1,5-8H2,2-3H3. The Bertz CT molecular complexity index is 281. The van der Waals surface area contributed by atoms with E-state index < -0.39 is 19.7 Å². The summed E-state index contributed by atoms with van der Waals surface area (Å²) in [7, 11) is -3.31. The van der Waals surface area contributed by atoms with Crippen LogP contribution < -0.4 is 0 Å². The van der Waals surface area contributed by atoms with E-state index in [1.54, 1.807) is 13.8 Å². The Labute approximate surface area is 101 Å². The van der Waals surface area contributed by atoms with Crippen LogP contribution in [0.15, 0.2) is 12.7 Å². The lowest BCUT2D eigenvalue weighted by Crippen LogP contribution is -2.23. The van der Waals surface area contributed by atoms with Crippen LogP contribution in [0.4, 0.5) is 0 Å². The third-order valence-electron chi connectivity index (χ3n) is 1.67. The fourth-order valence-corrected chi connectivity index (χ4v) is 2.78. The molecule has 1 atom stereocenters. The summed E-state index contributed by atoms with van der Waals surface area (Å²) in [5.41, 5.74) is 0. The number of ether oxygens (including phenoxy) is 1. The first-order valence-corrected chi connectivity index (χ1v) is 7.05. The van der Waals surface area contributed by atoms with Gasteiger partial charge >= 0.3 is 13.6 Å². The van der Waals surface area contributed by atoms with Crippen molar-refractivity contribution in [1.82, 2.24) is 0 Å². The molecule has 0 saturated carbocycles. The molecule has 0 fully saturated rings. The number of rotatable bonds is 9. The summed E-state index contributed by atoms with van der Waals surface area (Å²) in [6.07, 6.45) is -0.320. The van der Waals surface area contributed by atoms with E-state index in [0.717, 1.165) is 6.08 Å². The molecule has 0 spiro atoms. The first-order valence-electron chi connectivity index (χ1n) is 5.32. The summed E-state index contributed by atoms with van der Waals surface area (Å²) in [6, 6.07) is 0. The average molecular weight is 266 g/mol. The zero-order valence-electron chi connectivity index (χ0n) is 10.1. The third-order valence-corrected chi connectivity index (χ3v) is 3.84. The minimum Gasteiger partial charge on any atom is -0.460 e. The molecular weight excluding hydrogens is 247 g/mol. The van der Waals surface area contributed by atoms with Crippen LogP contribution in [0.5, 0.6) is 0 Å². The average Bonchev–Trinajstić information content (AvgIpc) is 2.26.